The molecule has 0 spiro atoms. The molecule has 0 bridgehead atoms. The number of piperidine rings is 1. The number of nitrogens with zero attached hydrogens (tertiary/aromatic N) is 4. The first-order valence-electron chi connectivity index (χ1n) is 8.90. The zero-order chi connectivity index (χ0) is 17.4. The fourth-order valence-corrected chi connectivity index (χ4v) is 4.07. The van der Waals surface area contributed by atoms with Crippen LogP contribution < -0.4 is 5.73 Å². The van der Waals surface area contributed by atoms with Crippen LogP contribution in [0.4, 0.5) is 0 Å². The molecule has 1 saturated heterocycles. The number of likely N-dealkylation sites (tertiary alicyclic amines) is 1. The SMILES string of the molecule is CCOC1CC(N)(C(=O)N2CCCC(Cn3cncn3)C2)C1(C)C. The summed E-state index contributed by atoms with van der Waals surface area (Å²) < 4.78 is 7.59. The Morgan fingerprint density at radius 3 is 2.88 bits per heavy atom. The molecule has 134 valence electrons. The topological polar surface area (TPSA) is 86.3 Å². The van der Waals surface area contributed by atoms with Crippen LogP contribution in [0.25, 0.3) is 0 Å². The lowest BCUT2D eigenvalue weighted by molar-refractivity contribution is -0.180. The van der Waals surface area contributed by atoms with E-state index in [2.05, 4.69) is 10.1 Å². The van der Waals surface area contributed by atoms with Gasteiger partial charge in [0.25, 0.3) is 0 Å². The van der Waals surface area contributed by atoms with Crippen LogP contribution >= 0.6 is 0 Å². The van der Waals surface area contributed by atoms with Crippen molar-refractivity contribution in [2.75, 3.05) is 19.7 Å². The zero-order valence-corrected chi connectivity index (χ0v) is 14.9. The monoisotopic (exact) mass is 335 g/mol. The van der Waals surface area contributed by atoms with E-state index in [1.807, 2.05) is 30.4 Å². The molecule has 1 aromatic rings. The van der Waals surface area contributed by atoms with Gasteiger partial charge in [0.15, 0.2) is 0 Å². The summed E-state index contributed by atoms with van der Waals surface area (Å²) in [5.74, 6) is 0.477. The molecule has 3 rings (SSSR count). The number of rotatable bonds is 5. The zero-order valence-electron chi connectivity index (χ0n) is 14.9. The first-order valence-corrected chi connectivity index (χ1v) is 8.90. The quantitative estimate of drug-likeness (QED) is 0.869. The summed E-state index contributed by atoms with van der Waals surface area (Å²) in [5.41, 5.74) is 5.41. The maximum absolute atomic E-state index is 13.1. The number of hydrogen-bond acceptors (Lipinski definition) is 5. The largest absolute Gasteiger partial charge is 0.378 e. The standard InChI is InChI=1S/C17H29N5O2/c1-4-24-14-8-17(18,16(14,2)3)15(23)21-7-5-6-13(9-21)10-22-12-19-11-20-22/h11-14H,4-10,18H2,1-3H3. The van der Waals surface area contributed by atoms with E-state index in [1.54, 1.807) is 12.7 Å². The van der Waals surface area contributed by atoms with Crippen LogP contribution in [0.3, 0.4) is 0 Å². The van der Waals surface area contributed by atoms with Crippen molar-refractivity contribution < 1.29 is 9.53 Å². The lowest BCUT2D eigenvalue weighted by Crippen LogP contribution is -2.76. The van der Waals surface area contributed by atoms with E-state index >= 15 is 0 Å². The molecule has 3 unspecified atom stereocenters. The number of amides is 1. The van der Waals surface area contributed by atoms with Gasteiger partial charge in [-0.1, -0.05) is 13.8 Å². The second-order valence-electron chi connectivity index (χ2n) is 7.72. The Morgan fingerprint density at radius 2 is 2.25 bits per heavy atom. The summed E-state index contributed by atoms with van der Waals surface area (Å²) >= 11 is 0. The minimum atomic E-state index is -0.817. The van der Waals surface area contributed by atoms with Crippen molar-refractivity contribution in [3.05, 3.63) is 12.7 Å². The Morgan fingerprint density at radius 1 is 1.46 bits per heavy atom. The molecule has 7 nitrogen and oxygen atoms in total. The summed E-state index contributed by atoms with van der Waals surface area (Å²) in [6.45, 7) is 9.06. The molecule has 7 heteroatoms. The van der Waals surface area contributed by atoms with Crippen LogP contribution in [-0.2, 0) is 16.1 Å². The van der Waals surface area contributed by atoms with Gasteiger partial charge in [-0.2, -0.15) is 5.10 Å². The molecule has 0 aromatic carbocycles. The Kier molecular flexibility index (Phi) is 4.66. The second-order valence-corrected chi connectivity index (χ2v) is 7.72. The van der Waals surface area contributed by atoms with Gasteiger partial charge in [-0.05, 0) is 25.7 Å². The summed E-state index contributed by atoms with van der Waals surface area (Å²) in [5, 5.41) is 4.17. The molecule has 2 fully saturated rings. The first-order chi connectivity index (χ1) is 11.4. The number of aromatic nitrogens is 3. The van der Waals surface area contributed by atoms with Crippen LogP contribution in [-0.4, -0.2) is 56.9 Å². The van der Waals surface area contributed by atoms with E-state index in [9.17, 15) is 4.79 Å². The lowest BCUT2D eigenvalue weighted by Gasteiger charge is -2.59. The van der Waals surface area contributed by atoms with Crippen LogP contribution in [0, 0.1) is 11.3 Å². The third kappa shape index (κ3) is 2.84. The average molecular weight is 335 g/mol. The van der Waals surface area contributed by atoms with Crippen molar-refractivity contribution in [2.24, 2.45) is 17.1 Å². The Bertz CT molecular complexity index is 574. The van der Waals surface area contributed by atoms with Crippen molar-refractivity contribution in [1.82, 2.24) is 19.7 Å². The molecular formula is C17H29N5O2. The smallest absolute Gasteiger partial charge is 0.243 e. The molecule has 2 heterocycles. The summed E-state index contributed by atoms with van der Waals surface area (Å²) in [4.78, 5) is 19.1. The second kappa shape index (κ2) is 6.44. The van der Waals surface area contributed by atoms with Crippen molar-refractivity contribution in [2.45, 2.75) is 58.2 Å². The molecular weight excluding hydrogens is 306 g/mol. The summed E-state index contributed by atoms with van der Waals surface area (Å²) in [6.07, 6.45) is 6.06. The minimum Gasteiger partial charge on any atom is -0.378 e. The predicted molar refractivity (Wildman–Crippen MR) is 90.1 cm³/mol. The average Bonchev–Trinajstić information content (AvgIpc) is 3.07. The molecule has 2 aliphatic rings. The third-order valence-electron chi connectivity index (χ3n) is 5.93. The molecule has 24 heavy (non-hydrogen) atoms. The highest BCUT2D eigenvalue weighted by Gasteiger charge is 2.63. The van der Waals surface area contributed by atoms with Gasteiger partial charge in [0.1, 0.15) is 18.2 Å². The highest BCUT2D eigenvalue weighted by Crippen LogP contribution is 2.50. The van der Waals surface area contributed by atoms with Gasteiger partial charge in [-0.3, -0.25) is 9.48 Å². The van der Waals surface area contributed by atoms with Crippen LogP contribution in [0.2, 0.25) is 0 Å². The maximum Gasteiger partial charge on any atom is 0.243 e. The molecule has 1 aliphatic heterocycles. The van der Waals surface area contributed by atoms with Gasteiger partial charge >= 0.3 is 0 Å². The van der Waals surface area contributed by atoms with Crippen molar-refractivity contribution in [3.8, 4) is 0 Å². The molecule has 1 aromatic heterocycles. The maximum atomic E-state index is 13.1. The first kappa shape index (κ1) is 17.4. The van der Waals surface area contributed by atoms with E-state index in [0.29, 0.717) is 18.9 Å². The summed E-state index contributed by atoms with van der Waals surface area (Å²) in [6, 6.07) is 0. The van der Waals surface area contributed by atoms with E-state index in [0.717, 1.165) is 32.5 Å². The Hall–Kier alpha value is -1.47. The van der Waals surface area contributed by atoms with Gasteiger partial charge in [-0.25, -0.2) is 4.98 Å². The van der Waals surface area contributed by atoms with E-state index in [4.69, 9.17) is 10.5 Å². The normalized spacial score (nSPS) is 32.4. The van der Waals surface area contributed by atoms with Gasteiger partial charge < -0.3 is 15.4 Å². The van der Waals surface area contributed by atoms with Crippen molar-refractivity contribution >= 4 is 5.91 Å². The third-order valence-corrected chi connectivity index (χ3v) is 5.93. The molecule has 1 amide bonds. The van der Waals surface area contributed by atoms with E-state index in [1.165, 1.54) is 0 Å². The van der Waals surface area contributed by atoms with E-state index in [-0.39, 0.29) is 17.4 Å². The highest BCUT2D eigenvalue weighted by atomic mass is 16.5. The minimum absolute atomic E-state index is 0.0622. The summed E-state index contributed by atoms with van der Waals surface area (Å²) in [7, 11) is 0. The molecule has 1 saturated carbocycles. The van der Waals surface area contributed by atoms with Gasteiger partial charge in [-0.15, -0.1) is 0 Å². The molecule has 2 N–H and O–H groups in total. The van der Waals surface area contributed by atoms with E-state index < -0.39 is 5.54 Å². The van der Waals surface area contributed by atoms with Crippen molar-refractivity contribution in [3.63, 3.8) is 0 Å². The number of hydrogen-bond donors (Lipinski definition) is 1. The number of carbonyl (C=O) groups excluding carboxylic acids is 1. The lowest BCUT2D eigenvalue weighted by atomic mass is 9.54. The van der Waals surface area contributed by atoms with Gasteiger partial charge in [0.05, 0.1) is 6.10 Å². The highest BCUT2D eigenvalue weighted by molar-refractivity contribution is 5.89. The molecule has 0 radical (unpaired) electrons. The Labute approximate surface area is 143 Å². The van der Waals surface area contributed by atoms with Gasteiger partial charge in [0.2, 0.25) is 5.91 Å². The molecule has 1 aliphatic carbocycles. The fourth-order valence-electron chi connectivity index (χ4n) is 4.07. The predicted octanol–water partition coefficient (Wildman–Crippen LogP) is 1.05. The number of nitrogens with two attached hydrogens (primary N) is 1. The number of carbonyl (C=O) groups is 1. The molecule has 3 atom stereocenters. The van der Waals surface area contributed by atoms with Gasteiger partial charge in [0, 0.05) is 38.1 Å². The van der Waals surface area contributed by atoms with Crippen molar-refractivity contribution in [1.29, 1.82) is 0 Å². The van der Waals surface area contributed by atoms with Crippen LogP contribution in [0.15, 0.2) is 12.7 Å². The number of ether oxygens (including phenoxy) is 1. The van der Waals surface area contributed by atoms with Crippen LogP contribution in [0.1, 0.15) is 40.0 Å². The Balaban J connectivity index is 1.64. The fraction of sp³-hybridized carbons (Fsp3) is 0.824. The van der Waals surface area contributed by atoms with Crippen LogP contribution in [0.5, 0.6) is 0 Å².